The zero-order valence-corrected chi connectivity index (χ0v) is 51.3. The maximum Gasteiger partial charge on any atom is 0.305 e. The minimum Gasteiger partial charge on any atom is -0.466 e. The van der Waals surface area contributed by atoms with E-state index in [0.29, 0.717) is 19.4 Å². The summed E-state index contributed by atoms with van der Waals surface area (Å²) in [6.07, 6.45) is 83.4. The lowest BCUT2D eigenvalue weighted by atomic mass is 10.0. The number of rotatable bonds is 64. The summed E-state index contributed by atoms with van der Waals surface area (Å²) < 4.78 is 5.50. The van der Waals surface area contributed by atoms with Crippen LogP contribution in [0.1, 0.15) is 373 Å². The highest BCUT2D eigenvalue weighted by Crippen LogP contribution is 2.18. The highest BCUT2D eigenvalue weighted by atomic mass is 16.5. The summed E-state index contributed by atoms with van der Waals surface area (Å²) in [7, 11) is 0. The Kier molecular flexibility index (Phi) is 63.9. The number of amides is 1. The van der Waals surface area contributed by atoms with E-state index in [-0.39, 0.29) is 18.5 Å². The average molecular weight is 1070 g/mol. The van der Waals surface area contributed by atoms with Gasteiger partial charge in [-0.2, -0.15) is 0 Å². The molecule has 0 radical (unpaired) electrons. The minimum atomic E-state index is -0.847. The molecule has 76 heavy (non-hydrogen) atoms. The molecule has 0 aliphatic carbocycles. The van der Waals surface area contributed by atoms with E-state index in [4.69, 9.17) is 4.74 Å². The molecule has 0 saturated carbocycles. The maximum atomic E-state index is 12.5. The maximum absolute atomic E-state index is 12.5. The molecule has 0 aliphatic rings. The quantitative estimate of drug-likeness (QED) is 0.0320. The third kappa shape index (κ3) is 61.3. The van der Waals surface area contributed by atoms with Crippen molar-refractivity contribution in [1.82, 2.24) is 5.32 Å². The molecule has 1 amide bonds. The van der Waals surface area contributed by atoms with Gasteiger partial charge in [0.05, 0.1) is 25.4 Å². The van der Waals surface area contributed by atoms with Crippen LogP contribution in [-0.4, -0.2) is 47.4 Å². The van der Waals surface area contributed by atoms with Crippen molar-refractivity contribution in [1.29, 1.82) is 0 Å². The van der Waals surface area contributed by atoms with Crippen LogP contribution in [0.5, 0.6) is 0 Å². The summed E-state index contributed by atoms with van der Waals surface area (Å²) in [5, 5.41) is 23.2. The number of nitrogens with one attached hydrogen (secondary N) is 1. The molecule has 3 N–H and O–H groups in total. The van der Waals surface area contributed by atoms with Crippen molar-refractivity contribution in [3.63, 3.8) is 0 Å². The van der Waals surface area contributed by atoms with Crippen molar-refractivity contribution >= 4 is 11.9 Å². The van der Waals surface area contributed by atoms with Gasteiger partial charge in [-0.05, 0) is 64.2 Å². The van der Waals surface area contributed by atoms with Crippen LogP contribution in [0.25, 0.3) is 0 Å². The van der Waals surface area contributed by atoms with Crippen molar-refractivity contribution in [3.05, 3.63) is 36.5 Å². The fraction of sp³-hybridized carbons (Fsp3) is 0.886. The van der Waals surface area contributed by atoms with E-state index in [1.807, 2.05) is 6.08 Å². The van der Waals surface area contributed by atoms with E-state index >= 15 is 0 Å². The van der Waals surface area contributed by atoms with Gasteiger partial charge in [-0.3, -0.25) is 9.59 Å². The number of unbranched alkanes of at least 4 members (excludes halogenated alkanes) is 49. The van der Waals surface area contributed by atoms with E-state index in [1.165, 1.54) is 295 Å². The molecule has 6 heteroatoms. The first-order chi connectivity index (χ1) is 37.5. The van der Waals surface area contributed by atoms with Gasteiger partial charge in [0.15, 0.2) is 0 Å². The second-order valence-corrected chi connectivity index (χ2v) is 23.5. The normalized spacial score (nSPS) is 12.7. The van der Waals surface area contributed by atoms with Crippen molar-refractivity contribution in [3.8, 4) is 0 Å². The Hall–Kier alpha value is -1.92. The molecule has 2 atom stereocenters. The highest BCUT2D eigenvalue weighted by molar-refractivity contribution is 5.76. The fourth-order valence-corrected chi connectivity index (χ4v) is 10.7. The molecular weight excluding hydrogens is 935 g/mol. The summed E-state index contributed by atoms with van der Waals surface area (Å²) in [6, 6.07) is -0.631. The minimum absolute atomic E-state index is 0.00318. The lowest BCUT2D eigenvalue weighted by Gasteiger charge is -2.20. The van der Waals surface area contributed by atoms with Gasteiger partial charge in [-0.15, -0.1) is 0 Å². The Labute approximate surface area is 474 Å². The molecular formula is C70H133NO5. The van der Waals surface area contributed by atoms with E-state index in [2.05, 4.69) is 43.5 Å². The number of aliphatic hydroxyl groups excluding tert-OH is 2. The number of ether oxygens (including phenoxy) is 1. The molecule has 0 bridgehead atoms. The lowest BCUT2D eigenvalue weighted by molar-refractivity contribution is -0.143. The number of esters is 1. The highest BCUT2D eigenvalue weighted by Gasteiger charge is 2.18. The third-order valence-electron chi connectivity index (χ3n) is 15.9. The zero-order valence-electron chi connectivity index (χ0n) is 51.3. The first-order valence-electron chi connectivity index (χ1n) is 34.3. The molecule has 0 aromatic carbocycles. The molecule has 448 valence electrons. The summed E-state index contributed by atoms with van der Waals surface area (Å²) >= 11 is 0. The van der Waals surface area contributed by atoms with E-state index in [9.17, 15) is 19.8 Å². The van der Waals surface area contributed by atoms with Gasteiger partial charge in [0.1, 0.15) is 0 Å². The Morgan fingerprint density at radius 1 is 0.368 bits per heavy atom. The van der Waals surface area contributed by atoms with E-state index in [1.54, 1.807) is 6.08 Å². The SMILES string of the molecule is CCCCCC/C=C\C/C=C\CCCCCCCCCC(=O)OCCCCCCCCCCCCCCCCCCCCCCC(=O)NC(CO)C(O)/C=C/CCCCCCCCCCCCCCCCCCCCC. The van der Waals surface area contributed by atoms with Crippen LogP contribution in [-0.2, 0) is 14.3 Å². The molecule has 2 unspecified atom stereocenters. The van der Waals surface area contributed by atoms with Crippen molar-refractivity contribution in [2.45, 2.75) is 386 Å². The Morgan fingerprint density at radius 2 is 0.658 bits per heavy atom. The second kappa shape index (κ2) is 65.6. The number of aliphatic hydroxyl groups is 2. The fourth-order valence-electron chi connectivity index (χ4n) is 10.7. The van der Waals surface area contributed by atoms with Crippen LogP contribution < -0.4 is 5.32 Å². The molecule has 0 aromatic heterocycles. The third-order valence-corrected chi connectivity index (χ3v) is 15.9. The van der Waals surface area contributed by atoms with E-state index < -0.39 is 12.1 Å². The number of carbonyl (C=O) groups excluding carboxylic acids is 2. The van der Waals surface area contributed by atoms with Crippen LogP contribution in [0, 0.1) is 0 Å². The molecule has 0 aromatic rings. The van der Waals surface area contributed by atoms with Crippen LogP contribution in [0.3, 0.4) is 0 Å². The predicted molar refractivity (Wildman–Crippen MR) is 333 cm³/mol. The Bertz CT molecular complexity index is 1230. The summed E-state index contributed by atoms with van der Waals surface area (Å²) in [5.74, 6) is -0.0635. The summed E-state index contributed by atoms with van der Waals surface area (Å²) in [4.78, 5) is 24.6. The summed E-state index contributed by atoms with van der Waals surface area (Å²) in [6.45, 7) is 4.91. The first kappa shape index (κ1) is 74.1. The second-order valence-electron chi connectivity index (χ2n) is 23.5. The topological polar surface area (TPSA) is 95.9 Å². The van der Waals surface area contributed by atoms with Gasteiger partial charge in [-0.1, -0.05) is 333 Å². The average Bonchev–Trinajstić information content (AvgIpc) is 3.42. The Morgan fingerprint density at radius 3 is 1.01 bits per heavy atom. The van der Waals surface area contributed by atoms with Crippen LogP contribution in [0.2, 0.25) is 0 Å². The molecule has 0 saturated heterocycles. The smallest absolute Gasteiger partial charge is 0.305 e. The standard InChI is InChI=1S/C70H133NO5/c1-3-5-7-9-11-13-15-17-19-21-23-24-27-30-34-38-42-46-50-54-58-62-68(73)67(66-72)71-69(74)63-59-55-51-47-43-39-35-31-28-25-26-29-33-37-41-45-49-53-57-61-65-76-70(75)64-60-56-52-48-44-40-36-32-22-20-18-16-14-12-10-8-6-4-2/h14,16,20,22,58,62,67-68,72-73H,3-13,15,17-19,21,23-57,59-61,63-66H2,1-2H3,(H,71,74)/b16-14-,22-20-,62-58+. The van der Waals surface area contributed by atoms with Crippen LogP contribution in [0.15, 0.2) is 36.5 Å². The monoisotopic (exact) mass is 1070 g/mol. The van der Waals surface area contributed by atoms with Crippen LogP contribution in [0.4, 0.5) is 0 Å². The van der Waals surface area contributed by atoms with Crippen molar-refractivity contribution in [2.75, 3.05) is 13.2 Å². The lowest BCUT2D eigenvalue weighted by Crippen LogP contribution is -2.45. The van der Waals surface area contributed by atoms with Gasteiger partial charge in [0.2, 0.25) is 5.91 Å². The predicted octanol–water partition coefficient (Wildman–Crippen LogP) is 21.9. The summed E-state index contributed by atoms with van der Waals surface area (Å²) in [5.41, 5.74) is 0. The van der Waals surface area contributed by atoms with Gasteiger partial charge in [-0.25, -0.2) is 0 Å². The zero-order chi connectivity index (χ0) is 55.0. The van der Waals surface area contributed by atoms with Crippen molar-refractivity contribution in [2.24, 2.45) is 0 Å². The van der Waals surface area contributed by atoms with Gasteiger partial charge in [0.25, 0.3) is 0 Å². The largest absolute Gasteiger partial charge is 0.466 e. The number of allylic oxidation sites excluding steroid dienone is 5. The number of carbonyl (C=O) groups is 2. The number of hydrogen-bond donors (Lipinski definition) is 3. The molecule has 0 spiro atoms. The van der Waals surface area contributed by atoms with Crippen molar-refractivity contribution < 1.29 is 24.5 Å². The molecule has 6 nitrogen and oxygen atoms in total. The first-order valence-corrected chi connectivity index (χ1v) is 34.3. The van der Waals surface area contributed by atoms with Gasteiger partial charge in [0, 0.05) is 12.8 Å². The van der Waals surface area contributed by atoms with Gasteiger partial charge < -0.3 is 20.3 Å². The van der Waals surface area contributed by atoms with Crippen LogP contribution >= 0.6 is 0 Å². The van der Waals surface area contributed by atoms with Gasteiger partial charge >= 0.3 is 5.97 Å². The Balaban J connectivity index is 3.42. The molecule has 0 heterocycles. The number of hydrogen-bond acceptors (Lipinski definition) is 5. The van der Waals surface area contributed by atoms with E-state index in [0.717, 1.165) is 51.4 Å². The molecule has 0 aliphatic heterocycles. The molecule has 0 rings (SSSR count). The molecule has 0 fully saturated rings.